The fourth-order valence-corrected chi connectivity index (χ4v) is 11.1. The van der Waals surface area contributed by atoms with E-state index in [-0.39, 0.29) is 45.9 Å². The van der Waals surface area contributed by atoms with Crippen LogP contribution in [0.3, 0.4) is 0 Å². The number of rotatable bonds is 10. The average molecular weight is 1170 g/mol. The Morgan fingerprint density at radius 2 is 1.11 bits per heavy atom. The normalized spacial score (nSPS) is 19.2. The summed E-state index contributed by atoms with van der Waals surface area (Å²) in [6, 6.07) is 24.1. The Hall–Kier alpha value is -7.12. The minimum Gasteiger partial charge on any atom is -0.434 e. The van der Waals surface area contributed by atoms with Crippen LogP contribution >= 0.6 is 15.9 Å². The summed E-state index contributed by atoms with van der Waals surface area (Å²) in [5.41, 5.74) is 4.47. The summed E-state index contributed by atoms with van der Waals surface area (Å²) in [6.45, 7) is 8.47. The Balaban J connectivity index is 0.000000132. The Morgan fingerprint density at radius 1 is 0.600 bits per heavy atom. The van der Waals surface area contributed by atoms with Gasteiger partial charge in [-0.1, -0.05) is 58.4 Å². The maximum Gasteiger partial charge on any atom is 0.498 e. The molecule has 80 heavy (non-hydrogen) atoms. The number of aromatic nitrogens is 8. The van der Waals surface area contributed by atoms with Gasteiger partial charge >= 0.3 is 20.3 Å². The van der Waals surface area contributed by atoms with Crippen LogP contribution in [0.2, 0.25) is 0 Å². The lowest BCUT2D eigenvalue weighted by Gasteiger charge is -2.32. The number of alkyl halides is 4. The minimum atomic E-state index is -2.92. The molecule has 0 spiro atoms. The number of nitrogens with zero attached hydrogens (tertiary/aromatic N) is 10. The molecule has 2 unspecified atom stereocenters. The molecule has 0 aliphatic carbocycles. The number of anilines is 2. The molecule has 418 valence electrons. The zero-order chi connectivity index (χ0) is 55.9. The summed E-state index contributed by atoms with van der Waals surface area (Å²) in [6.07, 6.45) is 9.38. The van der Waals surface area contributed by atoms with Crippen LogP contribution in [-0.4, -0.2) is 116 Å². The van der Waals surface area contributed by atoms with Crippen LogP contribution in [0.15, 0.2) is 124 Å². The maximum absolute atomic E-state index is 13.1. The van der Waals surface area contributed by atoms with E-state index < -0.39 is 20.3 Å². The van der Waals surface area contributed by atoms with E-state index in [1.165, 1.54) is 12.1 Å². The van der Waals surface area contributed by atoms with Crippen molar-refractivity contribution in [3.05, 3.63) is 146 Å². The molecular formula is C56H58BBrF4N10O8. The molecule has 0 amide bonds. The van der Waals surface area contributed by atoms with Crippen molar-refractivity contribution in [3.8, 4) is 22.6 Å². The predicted octanol–water partition coefficient (Wildman–Crippen LogP) is 8.81. The zero-order valence-corrected chi connectivity index (χ0v) is 46.0. The molecular weight excluding hydrogens is 1110 g/mol. The first-order chi connectivity index (χ1) is 38.5. The third-order valence-electron chi connectivity index (χ3n) is 15.4. The molecule has 0 bridgehead atoms. The molecule has 4 aromatic carbocycles. The fraction of sp³-hybridized carbons (Fsp3) is 0.393. The average Bonchev–Trinajstić information content (AvgIpc) is 4.07. The van der Waals surface area contributed by atoms with Gasteiger partial charge in [0.15, 0.2) is 0 Å². The van der Waals surface area contributed by atoms with Gasteiger partial charge in [0.25, 0.3) is 11.1 Å². The monoisotopic (exact) mass is 1160 g/mol. The topological polar surface area (TPSA) is 167 Å². The number of halogens is 5. The first-order valence-corrected chi connectivity index (χ1v) is 27.2. The Labute approximate surface area is 466 Å². The van der Waals surface area contributed by atoms with Crippen molar-refractivity contribution >= 4 is 62.2 Å². The number of hydrogen-bond acceptors (Lipinski definition) is 14. The van der Waals surface area contributed by atoms with Crippen LogP contribution in [-0.2, 0) is 31.9 Å². The lowest BCUT2D eigenvalue weighted by Crippen LogP contribution is -2.41. The van der Waals surface area contributed by atoms with Gasteiger partial charge in [-0.15, -0.1) is 0 Å². The van der Waals surface area contributed by atoms with Gasteiger partial charge in [-0.25, -0.2) is 29.3 Å². The molecule has 2 atom stereocenters. The van der Waals surface area contributed by atoms with Gasteiger partial charge < -0.3 is 38.1 Å². The van der Waals surface area contributed by atoms with Crippen molar-refractivity contribution in [1.29, 1.82) is 0 Å². The molecule has 3 saturated heterocycles. The summed E-state index contributed by atoms with van der Waals surface area (Å²) in [7, 11) is -0.415. The van der Waals surface area contributed by atoms with Gasteiger partial charge in [0.05, 0.1) is 64.9 Å². The lowest BCUT2D eigenvalue weighted by molar-refractivity contribution is -0.0513. The second-order valence-electron chi connectivity index (χ2n) is 20.8. The van der Waals surface area contributed by atoms with Crippen LogP contribution in [0.1, 0.15) is 70.2 Å². The van der Waals surface area contributed by atoms with Crippen molar-refractivity contribution < 1.29 is 45.8 Å². The number of para-hydroxylation sites is 2. The van der Waals surface area contributed by atoms with Gasteiger partial charge in [0, 0.05) is 84.1 Å². The Morgan fingerprint density at radius 3 is 1.65 bits per heavy atom. The molecule has 5 aliphatic heterocycles. The molecule has 3 fully saturated rings. The number of morpholine rings is 1. The van der Waals surface area contributed by atoms with E-state index in [4.69, 9.17) is 23.5 Å². The van der Waals surface area contributed by atoms with E-state index in [1.807, 2.05) is 66.2 Å². The molecule has 8 aromatic rings. The molecule has 0 radical (unpaired) electrons. The highest BCUT2D eigenvalue weighted by atomic mass is 79.9. The van der Waals surface area contributed by atoms with Gasteiger partial charge in [-0.05, 0) is 95.0 Å². The summed E-state index contributed by atoms with van der Waals surface area (Å²) >= 11 is 3.42. The minimum absolute atomic E-state index is 0.0627. The van der Waals surface area contributed by atoms with Crippen molar-refractivity contribution in [1.82, 2.24) is 38.7 Å². The smallest absolute Gasteiger partial charge is 0.434 e. The van der Waals surface area contributed by atoms with Gasteiger partial charge in [0.1, 0.15) is 18.2 Å². The SMILES string of the molecule is CC1(C)OB(c2cnc(N3CCCOC3)nc2)OC1(C)C.O=c1c2ccc(-c3cnc(N4CCOCC4)nc3)cc2n2n1CCC2c1ccccc1OC(F)F.O=c1c2ccc(Br)cc2n2n1CCC2c1ccccc1OC(F)F. The predicted molar refractivity (Wildman–Crippen MR) is 296 cm³/mol. The number of fused-ring (bicyclic) bond motifs is 6. The number of hydrogen-bond donors (Lipinski definition) is 0. The van der Waals surface area contributed by atoms with Crippen LogP contribution in [0.4, 0.5) is 29.5 Å². The quantitative estimate of drug-likeness (QED) is 0.0941. The summed E-state index contributed by atoms with van der Waals surface area (Å²) < 4.78 is 91.7. The summed E-state index contributed by atoms with van der Waals surface area (Å²) in [5, 5.41) is 1.20. The lowest BCUT2D eigenvalue weighted by atomic mass is 9.81. The first-order valence-electron chi connectivity index (χ1n) is 26.4. The van der Waals surface area contributed by atoms with E-state index in [9.17, 15) is 27.2 Å². The number of ether oxygens (including phenoxy) is 4. The summed E-state index contributed by atoms with van der Waals surface area (Å²) in [5.74, 6) is 1.62. The van der Waals surface area contributed by atoms with E-state index >= 15 is 0 Å². The third kappa shape index (κ3) is 10.9. The Bertz CT molecular complexity index is 3610. The molecule has 24 heteroatoms. The standard InChI is InChI=1S/C25H23F2N5O3.C17H13BrF2N2O2.C14H22BN3O3/c26-24(27)35-22-4-2-1-3-18(22)20-7-8-31-23(33)19-6-5-16(13-21(19)32(20)31)17-14-28-25(29-15-17)30-9-11-34-12-10-30;18-10-5-6-12-14(9-10)22-13(7-8-21(22)16(12)23)11-3-1-2-4-15(11)24-17(19)20;1-13(2)14(3,4)21-15(20-13)11-8-16-12(17-9-11)18-6-5-7-19-10-18/h1-6,13-15,20,24H,7-12H2;1-6,9,13,17H,7-8H2;8-9H,5-7,10H2,1-4H3. The number of benzene rings is 4. The molecule has 5 aliphatic rings. The van der Waals surface area contributed by atoms with E-state index in [0.717, 1.165) is 64.8 Å². The Kier molecular flexibility index (Phi) is 15.6. The molecule has 4 aromatic heterocycles. The first kappa shape index (κ1) is 54.8. The van der Waals surface area contributed by atoms with Crippen LogP contribution in [0.5, 0.6) is 11.5 Å². The highest BCUT2D eigenvalue weighted by Crippen LogP contribution is 2.40. The van der Waals surface area contributed by atoms with E-state index in [0.29, 0.717) is 79.7 Å². The van der Waals surface area contributed by atoms with Crippen molar-refractivity contribution in [3.63, 3.8) is 0 Å². The largest absolute Gasteiger partial charge is 0.498 e. The van der Waals surface area contributed by atoms with Crippen LogP contribution in [0.25, 0.3) is 32.9 Å². The van der Waals surface area contributed by atoms with Crippen molar-refractivity contribution in [2.24, 2.45) is 0 Å². The van der Waals surface area contributed by atoms with Gasteiger partial charge in [0.2, 0.25) is 11.9 Å². The maximum atomic E-state index is 13.1. The molecule has 13 rings (SSSR count). The van der Waals surface area contributed by atoms with Crippen molar-refractivity contribution in [2.75, 3.05) is 56.0 Å². The van der Waals surface area contributed by atoms with Crippen LogP contribution in [0, 0.1) is 0 Å². The molecule has 9 heterocycles. The van der Waals surface area contributed by atoms with Crippen molar-refractivity contribution in [2.45, 2.75) is 96.6 Å². The van der Waals surface area contributed by atoms with E-state index in [2.05, 4.69) is 45.5 Å². The van der Waals surface area contributed by atoms with Gasteiger partial charge in [-0.2, -0.15) is 17.6 Å². The second kappa shape index (κ2) is 22.8. The van der Waals surface area contributed by atoms with E-state index in [1.54, 1.807) is 82.7 Å². The van der Waals surface area contributed by atoms with Crippen LogP contribution < -0.4 is 35.9 Å². The zero-order valence-electron chi connectivity index (χ0n) is 44.4. The summed E-state index contributed by atoms with van der Waals surface area (Å²) in [4.78, 5) is 47.6. The van der Waals surface area contributed by atoms with Gasteiger partial charge in [-0.3, -0.25) is 19.0 Å². The molecule has 18 nitrogen and oxygen atoms in total. The molecule has 0 N–H and O–H groups in total. The molecule has 0 saturated carbocycles. The second-order valence-corrected chi connectivity index (χ2v) is 21.7. The fourth-order valence-electron chi connectivity index (χ4n) is 10.8. The highest BCUT2D eigenvalue weighted by molar-refractivity contribution is 9.10. The highest BCUT2D eigenvalue weighted by Gasteiger charge is 2.52. The third-order valence-corrected chi connectivity index (χ3v) is 15.9.